The Morgan fingerprint density at radius 2 is 1.55 bits per heavy atom. The third kappa shape index (κ3) is 5.09. The van der Waals surface area contributed by atoms with Crippen LogP contribution in [0.3, 0.4) is 0 Å². The molecule has 208 valence electrons. The van der Waals surface area contributed by atoms with Crippen LogP contribution >= 0.6 is 23.2 Å². The number of amides is 2. The number of halogens is 2. The van der Waals surface area contributed by atoms with Crippen LogP contribution in [0.4, 0.5) is 5.69 Å². The molecule has 6 rings (SSSR count). The third-order valence-corrected chi connectivity index (χ3v) is 9.82. The van der Waals surface area contributed by atoms with E-state index in [2.05, 4.69) is 39.4 Å². The van der Waals surface area contributed by atoms with Gasteiger partial charge in [0.15, 0.2) is 0 Å². The first-order valence-electron chi connectivity index (χ1n) is 14.0. The van der Waals surface area contributed by atoms with Crippen LogP contribution in [0.1, 0.15) is 36.8 Å². The van der Waals surface area contributed by atoms with Gasteiger partial charge in [0.1, 0.15) is 5.54 Å². The van der Waals surface area contributed by atoms with E-state index in [-0.39, 0.29) is 17.2 Å². The van der Waals surface area contributed by atoms with Crippen LogP contribution < -0.4 is 10.2 Å². The van der Waals surface area contributed by atoms with Crippen molar-refractivity contribution in [3.05, 3.63) is 100 Å². The molecule has 3 heterocycles. The highest BCUT2D eigenvalue weighted by Gasteiger charge is 2.51. The third-order valence-electron chi connectivity index (χ3n) is 9.08. The van der Waals surface area contributed by atoms with E-state index >= 15 is 0 Å². The second kappa shape index (κ2) is 11.1. The molecular formula is C32H34Cl2N4O2. The fraction of sp³-hybridized carbons (Fsp3) is 0.375. The summed E-state index contributed by atoms with van der Waals surface area (Å²) in [4.78, 5) is 33.1. The number of piperidine rings is 1. The second-order valence-electron chi connectivity index (χ2n) is 11.4. The van der Waals surface area contributed by atoms with E-state index in [9.17, 15) is 9.59 Å². The molecule has 8 heteroatoms. The highest BCUT2D eigenvalue weighted by molar-refractivity contribution is 6.42. The molecule has 1 unspecified atom stereocenters. The highest BCUT2D eigenvalue weighted by atomic mass is 35.5. The minimum Gasteiger partial charge on any atom is -0.339 e. The molecule has 3 saturated heterocycles. The molecule has 0 radical (unpaired) electrons. The van der Waals surface area contributed by atoms with Gasteiger partial charge in [-0.15, -0.1) is 0 Å². The maximum absolute atomic E-state index is 13.4. The summed E-state index contributed by atoms with van der Waals surface area (Å²) < 4.78 is 0. The van der Waals surface area contributed by atoms with Crippen LogP contribution in [0, 0.1) is 0 Å². The van der Waals surface area contributed by atoms with E-state index in [0.29, 0.717) is 36.2 Å². The topological polar surface area (TPSA) is 55.9 Å². The van der Waals surface area contributed by atoms with Gasteiger partial charge >= 0.3 is 0 Å². The standard InChI is InChI=1S/C32H34Cl2N4O2/c33-27-12-11-25(19-28(27)34)31(20-29(39)37(22-31)21-24-7-3-1-4-8-24)13-16-36-17-14-32(15-18-36)30(40)35-23-38(32)26-9-5-2-6-10-26/h1-12,19H,13-18,20-23H2,(H,35,40). The molecule has 0 saturated carbocycles. The molecule has 6 nitrogen and oxygen atoms in total. The molecule has 2 amide bonds. The minimum atomic E-state index is -0.505. The zero-order valence-corrected chi connectivity index (χ0v) is 24.0. The van der Waals surface area contributed by atoms with Crippen LogP contribution in [0.2, 0.25) is 10.0 Å². The van der Waals surface area contributed by atoms with Gasteiger partial charge in [-0.2, -0.15) is 0 Å². The largest absolute Gasteiger partial charge is 0.339 e. The molecule has 40 heavy (non-hydrogen) atoms. The molecular weight excluding hydrogens is 543 g/mol. The van der Waals surface area contributed by atoms with Crippen LogP contribution in [-0.2, 0) is 21.5 Å². The van der Waals surface area contributed by atoms with Crippen molar-refractivity contribution in [2.75, 3.05) is 37.7 Å². The number of benzene rings is 3. The van der Waals surface area contributed by atoms with Crippen molar-refractivity contribution in [3.63, 3.8) is 0 Å². The Hall–Kier alpha value is -3.06. The fourth-order valence-corrected chi connectivity index (χ4v) is 7.04. The van der Waals surface area contributed by atoms with E-state index in [1.807, 2.05) is 59.5 Å². The molecule has 0 bridgehead atoms. The van der Waals surface area contributed by atoms with Crippen LogP contribution in [0.15, 0.2) is 78.9 Å². The normalized spacial score (nSPS) is 22.8. The van der Waals surface area contributed by atoms with Crippen molar-refractivity contribution in [1.82, 2.24) is 15.1 Å². The lowest BCUT2D eigenvalue weighted by Gasteiger charge is -2.44. The van der Waals surface area contributed by atoms with Gasteiger partial charge in [-0.05, 0) is 61.2 Å². The van der Waals surface area contributed by atoms with Gasteiger partial charge < -0.3 is 20.0 Å². The summed E-state index contributed by atoms with van der Waals surface area (Å²) in [5.41, 5.74) is 2.41. The SMILES string of the molecule is O=C1CC(CCN2CCC3(CC2)C(=O)NCN3c2ccccc2)(c2ccc(Cl)c(Cl)c2)CN1Cc1ccccc1. The Morgan fingerprint density at radius 3 is 2.25 bits per heavy atom. The van der Waals surface area contributed by atoms with Crippen LogP contribution in [0.25, 0.3) is 0 Å². The molecule has 0 aliphatic carbocycles. The number of rotatable bonds is 7. The summed E-state index contributed by atoms with van der Waals surface area (Å²) in [6.07, 6.45) is 2.81. The number of hydrogen-bond acceptors (Lipinski definition) is 4. The van der Waals surface area contributed by atoms with Gasteiger partial charge in [-0.25, -0.2) is 0 Å². The zero-order chi connectivity index (χ0) is 27.7. The molecule has 0 aromatic heterocycles. The lowest BCUT2D eigenvalue weighted by atomic mass is 9.76. The Balaban J connectivity index is 1.18. The number of nitrogens with one attached hydrogen (secondary N) is 1. The number of nitrogens with zero attached hydrogens (tertiary/aromatic N) is 3. The Kier molecular flexibility index (Phi) is 7.51. The summed E-state index contributed by atoms with van der Waals surface area (Å²) >= 11 is 12.7. The first-order valence-corrected chi connectivity index (χ1v) is 14.7. The summed E-state index contributed by atoms with van der Waals surface area (Å²) in [6, 6.07) is 26.1. The molecule has 3 aliphatic heterocycles. The van der Waals surface area contributed by atoms with Crippen molar-refractivity contribution in [3.8, 4) is 0 Å². The average molecular weight is 578 g/mol. The molecule has 3 aromatic carbocycles. The van der Waals surface area contributed by atoms with E-state index in [1.54, 1.807) is 0 Å². The Bertz CT molecular complexity index is 1380. The lowest BCUT2D eigenvalue weighted by molar-refractivity contribution is -0.128. The number of carbonyl (C=O) groups is 2. The molecule has 3 fully saturated rings. The first kappa shape index (κ1) is 27.1. The van der Waals surface area contributed by atoms with Crippen molar-refractivity contribution in [2.45, 2.75) is 43.2 Å². The summed E-state index contributed by atoms with van der Waals surface area (Å²) in [7, 11) is 0. The Labute approximate surface area is 245 Å². The number of carbonyl (C=O) groups excluding carboxylic acids is 2. The maximum atomic E-state index is 13.4. The van der Waals surface area contributed by atoms with E-state index in [4.69, 9.17) is 23.2 Å². The van der Waals surface area contributed by atoms with Crippen molar-refractivity contribution in [1.29, 1.82) is 0 Å². The second-order valence-corrected chi connectivity index (χ2v) is 12.2. The van der Waals surface area contributed by atoms with Gasteiger partial charge in [0.2, 0.25) is 11.8 Å². The summed E-state index contributed by atoms with van der Waals surface area (Å²) in [5, 5.41) is 4.12. The van der Waals surface area contributed by atoms with E-state index in [1.165, 1.54) is 0 Å². The number of para-hydroxylation sites is 1. The summed E-state index contributed by atoms with van der Waals surface area (Å²) in [6.45, 7) is 4.28. The molecule has 1 atom stereocenters. The van der Waals surface area contributed by atoms with Gasteiger partial charge in [0.25, 0.3) is 0 Å². The zero-order valence-electron chi connectivity index (χ0n) is 22.5. The maximum Gasteiger partial charge on any atom is 0.247 e. The monoisotopic (exact) mass is 576 g/mol. The quantitative estimate of drug-likeness (QED) is 0.404. The number of anilines is 1. The lowest BCUT2D eigenvalue weighted by Crippen LogP contribution is -2.56. The van der Waals surface area contributed by atoms with Gasteiger partial charge in [0.05, 0.1) is 16.7 Å². The van der Waals surface area contributed by atoms with Crippen molar-refractivity contribution < 1.29 is 9.59 Å². The fourth-order valence-electron chi connectivity index (χ4n) is 6.74. The number of hydrogen-bond donors (Lipinski definition) is 1. The smallest absolute Gasteiger partial charge is 0.247 e. The highest BCUT2D eigenvalue weighted by Crippen LogP contribution is 2.42. The van der Waals surface area contributed by atoms with Gasteiger partial charge in [-0.1, -0.05) is 77.8 Å². The van der Waals surface area contributed by atoms with Gasteiger partial charge in [0, 0.05) is 43.7 Å². The molecule has 1 spiro atoms. The van der Waals surface area contributed by atoms with E-state index in [0.717, 1.165) is 55.7 Å². The van der Waals surface area contributed by atoms with Crippen molar-refractivity contribution in [2.24, 2.45) is 0 Å². The van der Waals surface area contributed by atoms with Crippen LogP contribution in [-0.4, -0.2) is 60.0 Å². The predicted octanol–water partition coefficient (Wildman–Crippen LogP) is 5.48. The Morgan fingerprint density at radius 1 is 0.850 bits per heavy atom. The van der Waals surface area contributed by atoms with Crippen LogP contribution in [0.5, 0.6) is 0 Å². The van der Waals surface area contributed by atoms with Gasteiger partial charge in [-0.3, -0.25) is 9.59 Å². The first-order chi connectivity index (χ1) is 19.4. The van der Waals surface area contributed by atoms with Crippen molar-refractivity contribution >= 4 is 40.7 Å². The predicted molar refractivity (Wildman–Crippen MR) is 160 cm³/mol. The summed E-state index contributed by atoms with van der Waals surface area (Å²) in [5.74, 6) is 0.287. The molecule has 3 aromatic rings. The molecule has 1 N–H and O–H groups in total. The van der Waals surface area contributed by atoms with E-state index < -0.39 is 5.54 Å². The number of likely N-dealkylation sites (tertiary alicyclic amines) is 2. The molecule has 3 aliphatic rings. The average Bonchev–Trinajstić information content (AvgIpc) is 3.47. The minimum absolute atomic E-state index is 0.126.